The summed E-state index contributed by atoms with van der Waals surface area (Å²) in [6, 6.07) is 18.1. The Labute approximate surface area is 106 Å². The van der Waals surface area contributed by atoms with Gasteiger partial charge >= 0.3 is 0 Å². The summed E-state index contributed by atoms with van der Waals surface area (Å²) in [5.74, 6) is -0.276. The normalized spacial score (nSPS) is 11.2. The minimum Gasteiger partial charge on any atom is -0.623 e. The molecular weight excluding hydrogens is 226 g/mol. The highest BCUT2D eigenvalue weighted by atomic mass is 16.5. The topological polar surface area (TPSA) is 43.1 Å². The summed E-state index contributed by atoms with van der Waals surface area (Å²) in [6.45, 7) is 0.180. The number of hydrogen-bond acceptors (Lipinski definition) is 2. The highest BCUT2D eigenvalue weighted by Gasteiger charge is 2.06. The molecule has 0 N–H and O–H groups in total. The molecule has 0 unspecified atom stereocenters. The third-order valence-corrected chi connectivity index (χ3v) is 2.50. The van der Waals surface area contributed by atoms with E-state index in [0.717, 1.165) is 11.8 Å². The van der Waals surface area contributed by atoms with E-state index in [-0.39, 0.29) is 12.3 Å². The largest absolute Gasteiger partial charge is 0.623 e. The van der Waals surface area contributed by atoms with Crippen molar-refractivity contribution in [2.45, 2.75) is 6.54 Å². The molecule has 0 atom stereocenters. The van der Waals surface area contributed by atoms with Crippen LogP contribution in [0.1, 0.15) is 15.9 Å². The Bertz CT molecular complexity index is 547. The molecule has 0 radical (unpaired) electrons. The number of carbonyl (C=O) groups is 1. The van der Waals surface area contributed by atoms with Gasteiger partial charge in [0.1, 0.15) is 0 Å². The maximum Gasteiger partial charge on any atom is 0.249 e. The van der Waals surface area contributed by atoms with Crippen molar-refractivity contribution in [3.8, 4) is 0 Å². The van der Waals surface area contributed by atoms with Crippen LogP contribution in [0.3, 0.4) is 0 Å². The first kappa shape index (κ1) is 12.0. The van der Waals surface area contributed by atoms with Gasteiger partial charge in [-0.25, -0.2) is 4.74 Å². The zero-order chi connectivity index (χ0) is 12.8. The molecule has 2 aromatic carbocycles. The molecule has 0 aliphatic carbocycles. The first-order valence-electron chi connectivity index (χ1n) is 5.67. The lowest BCUT2D eigenvalue weighted by atomic mass is 10.1. The van der Waals surface area contributed by atoms with Crippen molar-refractivity contribution in [2.24, 2.45) is 0 Å². The van der Waals surface area contributed by atoms with Gasteiger partial charge in [0, 0.05) is 11.1 Å². The van der Waals surface area contributed by atoms with Crippen molar-refractivity contribution in [1.29, 1.82) is 0 Å². The van der Waals surface area contributed by atoms with E-state index in [1.807, 2.05) is 36.4 Å². The molecule has 2 aromatic rings. The molecule has 0 saturated heterocycles. The van der Waals surface area contributed by atoms with E-state index in [0.29, 0.717) is 10.3 Å². The van der Waals surface area contributed by atoms with Crippen LogP contribution < -0.4 is 0 Å². The van der Waals surface area contributed by atoms with Crippen LogP contribution in [-0.4, -0.2) is 16.7 Å². The Morgan fingerprint density at radius 2 is 1.56 bits per heavy atom. The Balaban J connectivity index is 2.07. The second-order valence-corrected chi connectivity index (χ2v) is 3.92. The molecule has 0 aliphatic heterocycles. The molecule has 0 fully saturated rings. The second kappa shape index (κ2) is 5.77. The average Bonchev–Trinajstić information content (AvgIpc) is 2.40. The molecule has 2 rings (SSSR count). The van der Waals surface area contributed by atoms with Crippen molar-refractivity contribution in [3.05, 3.63) is 77.0 Å². The van der Waals surface area contributed by atoms with Crippen molar-refractivity contribution in [3.63, 3.8) is 0 Å². The molecular formula is C15H13NO2. The molecule has 18 heavy (non-hydrogen) atoms. The predicted molar refractivity (Wildman–Crippen MR) is 70.6 cm³/mol. The Morgan fingerprint density at radius 1 is 1.00 bits per heavy atom. The number of rotatable bonds is 4. The lowest BCUT2D eigenvalue weighted by Gasteiger charge is -2.03. The summed E-state index contributed by atoms with van der Waals surface area (Å²) in [7, 11) is 0. The van der Waals surface area contributed by atoms with Gasteiger partial charge in [0.05, 0.1) is 0 Å². The molecule has 90 valence electrons. The standard InChI is InChI=1S/C15H13NO2/c17-15(14-9-5-2-6-10-14)12-16(18)11-13-7-3-1-4-8-13/h1-10,12H,11H2/b16-12+. The highest BCUT2D eigenvalue weighted by Crippen LogP contribution is 2.01. The minimum atomic E-state index is -0.276. The molecule has 0 spiro atoms. The Hall–Kier alpha value is -2.42. The van der Waals surface area contributed by atoms with Crippen molar-refractivity contribution >= 4 is 12.0 Å². The number of hydrogen-bond donors (Lipinski definition) is 0. The molecule has 3 heteroatoms. The van der Waals surface area contributed by atoms with Gasteiger partial charge in [0.15, 0.2) is 6.54 Å². The summed E-state index contributed by atoms with van der Waals surface area (Å²) in [6.07, 6.45) is 1.09. The zero-order valence-corrected chi connectivity index (χ0v) is 9.82. The Kier molecular flexibility index (Phi) is 3.86. The van der Waals surface area contributed by atoms with Gasteiger partial charge in [-0.3, -0.25) is 4.79 Å². The number of ketones is 1. The first-order chi connectivity index (χ1) is 8.75. The van der Waals surface area contributed by atoms with Crippen molar-refractivity contribution in [1.82, 2.24) is 0 Å². The van der Waals surface area contributed by atoms with Gasteiger partial charge in [-0.2, -0.15) is 0 Å². The van der Waals surface area contributed by atoms with Crippen LogP contribution in [-0.2, 0) is 6.54 Å². The van der Waals surface area contributed by atoms with Crippen LogP contribution in [0.5, 0.6) is 0 Å². The molecule has 3 nitrogen and oxygen atoms in total. The second-order valence-electron chi connectivity index (χ2n) is 3.92. The quantitative estimate of drug-likeness (QED) is 0.270. The third-order valence-electron chi connectivity index (χ3n) is 2.50. The molecule has 0 aliphatic rings. The van der Waals surface area contributed by atoms with E-state index >= 15 is 0 Å². The smallest absolute Gasteiger partial charge is 0.249 e. The fourth-order valence-corrected chi connectivity index (χ4v) is 1.62. The van der Waals surface area contributed by atoms with Crippen molar-refractivity contribution < 1.29 is 9.53 Å². The Morgan fingerprint density at radius 3 is 2.17 bits per heavy atom. The van der Waals surface area contributed by atoms with Crippen molar-refractivity contribution in [2.75, 3.05) is 0 Å². The van der Waals surface area contributed by atoms with Gasteiger partial charge < -0.3 is 5.21 Å². The number of Topliss-reactive ketones (excluding diaryl/α,β-unsaturated/α-hetero) is 1. The number of hydroxylamine groups is 1. The zero-order valence-electron chi connectivity index (χ0n) is 9.82. The fraction of sp³-hybridized carbons (Fsp3) is 0.0667. The first-order valence-corrected chi connectivity index (χ1v) is 5.67. The SMILES string of the molecule is O=C(/C=[N+](/[O-])Cc1ccccc1)c1ccccc1. The average molecular weight is 239 g/mol. The maximum atomic E-state index is 11.7. The number of nitrogens with zero attached hydrogens (tertiary/aromatic N) is 1. The van der Waals surface area contributed by atoms with Gasteiger partial charge in [-0.05, 0) is 0 Å². The lowest BCUT2D eigenvalue weighted by Crippen LogP contribution is -2.12. The fourth-order valence-electron chi connectivity index (χ4n) is 1.62. The van der Waals surface area contributed by atoms with E-state index in [1.165, 1.54) is 0 Å². The third kappa shape index (κ3) is 3.28. The van der Waals surface area contributed by atoms with Crippen LogP contribution in [0.25, 0.3) is 0 Å². The van der Waals surface area contributed by atoms with E-state index in [9.17, 15) is 10.0 Å². The summed E-state index contributed by atoms with van der Waals surface area (Å²) in [5.41, 5.74) is 1.40. The lowest BCUT2D eigenvalue weighted by molar-refractivity contribution is -0.468. The summed E-state index contributed by atoms with van der Waals surface area (Å²) >= 11 is 0. The summed E-state index contributed by atoms with van der Waals surface area (Å²) in [4.78, 5) is 11.7. The molecule has 0 heterocycles. The monoisotopic (exact) mass is 239 g/mol. The van der Waals surface area contributed by atoms with Crippen LogP contribution in [0.2, 0.25) is 0 Å². The van der Waals surface area contributed by atoms with Crippen LogP contribution in [0, 0.1) is 5.21 Å². The summed E-state index contributed by atoms with van der Waals surface area (Å²) < 4.78 is 0.657. The molecule has 0 amide bonds. The highest BCUT2D eigenvalue weighted by molar-refractivity contribution is 6.33. The number of benzene rings is 2. The van der Waals surface area contributed by atoms with E-state index < -0.39 is 0 Å². The van der Waals surface area contributed by atoms with Gasteiger partial charge in [-0.15, -0.1) is 0 Å². The molecule has 0 aromatic heterocycles. The van der Waals surface area contributed by atoms with Crippen LogP contribution in [0.4, 0.5) is 0 Å². The van der Waals surface area contributed by atoms with E-state index in [1.54, 1.807) is 24.3 Å². The summed E-state index contributed by atoms with van der Waals surface area (Å²) in [5, 5.41) is 11.6. The minimum absolute atomic E-state index is 0.180. The molecule has 0 bridgehead atoms. The van der Waals surface area contributed by atoms with Gasteiger partial charge in [0.2, 0.25) is 12.0 Å². The van der Waals surface area contributed by atoms with Gasteiger partial charge in [-0.1, -0.05) is 60.7 Å². The van der Waals surface area contributed by atoms with E-state index in [4.69, 9.17) is 0 Å². The molecule has 0 saturated carbocycles. The van der Waals surface area contributed by atoms with Gasteiger partial charge in [0.25, 0.3) is 0 Å². The maximum absolute atomic E-state index is 11.7. The van der Waals surface area contributed by atoms with Crippen LogP contribution in [0.15, 0.2) is 60.7 Å². The van der Waals surface area contributed by atoms with Crippen LogP contribution >= 0.6 is 0 Å². The predicted octanol–water partition coefficient (Wildman–Crippen LogP) is 2.65. The van der Waals surface area contributed by atoms with E-state index in [2.05, 4.69) is 0 Å². The number of carbonyl (C=O) groups excluding carboxylic acids is 1.